The van der Waals surface area contributed by atoms with Crippen LogP contribution in [0.4, 0.5) is 0 Å². The van der Waals surface area contributed by atoms with Crippen molar-refractivity contribution in [1.29, 1.82) is 0 Å². The standard InChI is InChI=1S/C15H12N2O3/c18-15(16-9-12-7-4-8-19-12)13-10-17-20-14(13)11-5-2-1-3-6-11/h1-8,10H,9H2,(H,16,18). The second-order valence-corrected chi connectivity index (χ2v) is 4.20. The molecular weight excluding hydrogens is 256 g/mol. The Morgan fingerprint density at radius 3 is 2.75 bits per heavy atom. The van der Waals surface area contributed by atoms with Crippen molar-refractivity contribution in [1.82, 2.24) is 10.5 Å². The topological polar surface area (TPSA) is 68.3 Å². The van der Waals surface area contributed by atoms with Crippen molar-refractivity contribution >= 4 is 5.91 Å². The van der Waals surface area contributed by atoms with Crippen LogP contribution in [-0.4, -0.2) is 11.1 Å². The number of aromatic nitrogens is 1. The first-order valence-corrected chi connectivity index (χ1v) is 6.15. The van der Waals surface area contributed by atoms with E-state index < -0.39 is 0 Å². The molecule has 2 heterocycles. The van der Waals surface area contributed by atoms with Gasteiger partial charge in [0.05, 0.1) is 19.0 Å². The number of hydrogen-bond donors (Lipinski definition) is 1. The van der Waals surface area contributed by atoms with Crippen molar-refractivity contribution in [3.63, 3.8) is 0 Å². The van der Waals surface area contributed by atoms with Gasteiger partial charge in [0.15, 0.2) is 5.76 Å². The molecule has 1 N–H and O–H groups in total. The van der Waals surface area contributed by atoms with E-state index in [0.29, 0.717) is 23.6 Å². The summed E-state index contributed by atoms with van der Waals surface area (Å²) in [5, 5.41) is 6.47. The molecule has 3 rings (SSSR count). The molecular formula is C15H12N2O3. The number of nitrogens with one attached hydrogen (secondary N) is 1. The quantitative estimate of drug-likeness (QED) is 0.790. The van der Waals surface area contributed by atoms with Gasteiger partial charge in [-0.1, -0.05) is 35.5 Å². The second kappa shape index (κ2) is 5.44. The van der Waals surface area contributed by atoms with E-state index in [2.05, 4.69) is 10.5 Å². The van der Waals surface area contributed by atoms with Crippen LogP contribution in [0.25, 0.3) is 11.3 Å². The minimum atomic E-state index is -0.249. The number of hydrogen-bond acceptors (Lipinski definition) is 4. The third kappa shape index (κ3) is 2.47. The molecule has 0 saturated heterocycles. The smallest absolute Gasteiger partial charge is 0.257 e. The molecule has 100 valence electrons. The van der Waals surface area contributed by atoms with Crippen molar-refractivity contribution < 1.29 is 13.7 Å². The molecule has 0 aliphatic heterocycles. The minimum Gasteiger partial charge on any atom is -0.467 e. The lowest BCUT2D eigenvalue weighted by Crippen LogP contribution is -2.22. The van der Waals surface area contributed by atoms with Crippen LogP contribution in [0.15, 0.2) is 63.9 Å². The first-order valence-electron chi connectivity index (χ1n) is 6.15. The van der Waals surface area contributed by atoms with Gasteiger partial charge in [-0.2, -0.15) is 0 Å². The summed E-state index contributed by atoms with van der Waals surface area (Å²) in [5.74, 6) is 0.903. The van der Waals surface area contributed by atoms with Crippen LogP contribution in [-0.2, 0) is 6.54 Å². The predicted octanol–water partition coefficient (Wildman–Crippen LogP) is 2.86. The molecule has 1 aromatic carbocycles. The van der Waals surface area contributed by atoms with Crippen molar-refractivity contribution in [2.45, 2.75) is 6.54 Å². The SMILES string of the molecule is O=C(NCc1ccco1)c1cnoc1-c1ccccc1. The highest BCUT2D eigenvalue weighted by molar-refractivity contribution is 5.99. The van der Waals surface area contributed by atoms with Gasteiger partial charge in [-0.3, -0.25) is 4.79 Å². The molecule has 0 unspecified atom stereocenters. The van der Waals surface area contributed by atoms with E-state index in [-0.39, 0.29) is 5.91 Å². The van der Waals surface area contributed by atoms with Gasteiger partial charge < -0.3 is 14.3 Å². The Kier molecular flexibility index (Phi) is 3.33. The maximum Gasteiger partial charge on any atom is 0.257 e. The fraction of sp³-hybridized carbons (Fsp3) is 0.0667. The molecule has 0 atom stereocenters. The lowest BCUT2D eigenvalue weighted by atomic mass is 10.1. The summed E-state index contributed by atoms with van der Waals surface area (Å²) in [6.45, 7) is 0.325. The average Bonchev–Trinajstić information content (AvgIpc) is 3.17. The Morgan fingerprint density at radius 1 is 1.15 bits per heavy atom. The molecule has 0 bridgehead atoms. The summed E-state index contributed by atoms with van der Waals surface area (Å²) < 4.78 is 10.3. The third-order valence-corrected chi connectivity index (χ3v) is 2.85. The molecule has 0 saturated carbocycles. The number of rotatable bonds is 4. The lowest BCUT2D eigenvalue weighted by molar-refractivity contribution is 0.0948. The molecule has 2 aromatic heterocycles. The van der Waals surface area contributed by atoms with Crippen LogP contribution in [0.2, 0.25) is 0 Å². The van der Waals surface area contributed by atoms with Crippen LogP contribution in [0.5, 0.6) is 0 Å². The van der Waals surface area contributed by atoms with Gasteiger partial charge in [-0.15, -0.1) is 0 Å². The molecule has 0 spiro atoms. The first kappa shape index (κ1) is 12.2. The van der Waals surface area contributed by atoms with Gasteiger partial charge in [-0.05, 0) is 12.1 Å². The van der Waals surface area contributed by atoms with E-state index in [1.54, 1.807) is 18.4 Å². The summed E-state index contributed by atoms with van der Waals surface area (Å²) in [4.78, 5) is 12.1. The summed E-state index contributed by atoms with van der Waals surface area (Å²) in [7, 11) is 0. The molecule has 3 aromatic rings. The number of carbonyl (C=O) groups is 1. The molecule has 0 aliphatic rings. The van der Waals surface area contributed by atoms with E-state index in [4.69, 9.17) is 8.94 Å². The van der Waals surface area contributed by atoms with Gasteiger partial charge in [-0.25, -0.2) is 0 Å². The Hall–Kier alpha value is -2.82. The Balaban J connectivity index is 1.77. The van der Waals surface area contributed by atoms with Crippen molar-refractivity contribution in [2.75, 3.05) is 0 Å². The van der Waals surface area contributed by atoms with Gasteiger partial charge in [0.25, 0.3) is 5.91 Å². The summed E-state index contributed by atoms with van der Waals surface area (Å²) in [6.07, 6.45) is 2.98. The van der Waals surface area contributed by atoms with Gasteiger partial charge in [0, 0.05) is 5.56 Å². The molecule has 1 amide bonds. The summed E-state index contributed by atoms with van der Waals surface area (Å²) >= 11 is 0. The van der Waals surface area contributed by atoms with Crippen LogP contribution < -0.4 is 5.32 Å². The Labute approximate surface area is 115 Å². The van der Waals surface area contributed by atoms with Gasteiger partial charge in [0.1, 0.15) is 11.3 Å². The fourth-order valence-corrected chi connectivity index (χ4v) is 1.87. The normalized spacial score (nSPS) is 10.4. The average molecular weight is 268 g/mol. The van der Waals surface area contributed by atoms with Crippen molar-refractivity contribution in [3.8, 4) is 11.3 Å². The molecule has 5 heteroatoms. The lowest BCUT2D eigenvalue weighted by Gasteiger charge is -2.03. The van der Waals surface area contributed by atoms with Crippen LogP contribution in [0.3, 0.4) is 0 Å². The first-order chi connectivity index (χ1) is 9.84. The van der Waals surface area contributed by atoms with Gasteiger partial charge in [0.2, 0.25) is 0 Å². The number of amides is 1. The van der Waals surface area contributed by atoms with E-state index in [0.717, 1.165) is 5.56 Å². The second-order valence-electron chi connectivity index (χ2n) is 4.20. The van der Waals surface area contributed by atoms with E-state index in [9.17, 15) is 4.79 Å². The monoisotopic (exact) mass is 268 g/mol. The van der Waals surface area contributed by atoms with Crippen LogP contribution in [0, 0.1) is 0 Å². The molecule has 0 aliphatic carbocycles. The molecule has 5 nitrogen and oxygen atoms in total. The fourth-order valence-electron chi connectivity index (χ4n) is 1.87. The number of furan rings is 1. The predicted molar refractivity (Wildman–Crippen MR) is 71.8 cm³/mol. The van der Waals surface area contributed by atoms with Gasteiger partial charge >= 0.3 is 0 Å². The van der Waals surface area contributed by atoms with Crippen molar-refractivity contribution in [2.24, 2.45) is 0 Å². The van der Waals surface area contributed by atoms with Crippen LogP contribution in [0.1, 0.15) is 16.1 Å². The van der Waals surface area contributed by atoms with Crippen molar-refractivity contribution in [3.05, 3.63) is 66.2 Å². The molecule has 0 fully saturated rings. The zero-order valence-corrected chi connectivity index (χ0v) is 10.6. The molecule has 0 radical (unpaired) electrons. The maximum atomic E-state index is 12.1. The van der Waals surface area contributed by atoms with Crippen LogP contribution >= 0.6 is 0 Å². The van der Waals surface area contributed by atoms with E-state index >= 15 is 0 Å². The third-order valence-electron chi connectivity index (χ3n) is 2.85. The largest absolute Gasteiger partial charge is 0.467 e. The van der Waals surface area contributed by atoms with E-state index in [1.807, 2.05) is 30.3 Å². The Morgan fingerprint density at radius 2 is 2.00 bits per heavy atom. The highest BCUT2D eigenvalue weighted by Gasteiger charge is 2.17. The van der Waals surface area contributed by atoms with E-state index in [1.165, 1.54) is 6.20 Å². The Bertz CT molecular complexity index is 687. The number of benzene rings is 1. The highest BCUT2D eigenvalue weighted by Crippen LogP contribution is 2.23. The summed E-state index contributed by atoms with van der Waals surface area (Å²) in [5.41, 5.74) is 1.22. The number of nitrogens with zero attached hydrogens (tertiary/aromatic N) is 1. The maximum absolute atomic E-state index is 12.1. The zero-order chi connectivity index (χ0) is 13.8. The number of carbonyl (C=O) groups excluding carboxylic acids is 1. The highest BCUT2D eigenvalue weighted by atomic mass is 16.5. The minimum absolute atomic E-state index is 0.249. The summed E-state index contributed by atoms with van der Waals surface area (Å²) in [6, 6.07) is 13.0. The molecule has 20 heavy (non-hydrogen) atoms. The zero-order valence-electron chi connectivity index (χ0n) is 10.6.